The summed E-state index contributed by atoms with van der Waals surface area (Å²) in [5.41, 5.74) is 1.40. The maximum atomic E-state index is 12.4. The van der Waals surface area contributed by atoms with Crippen LogP contribution in [-0.4, -0.2) is 17.5 Å². The van der Waals surface area contributed by atoms with Crippen molar-refractivity contribution in [1.29, 1.82) is 0 Å². The van der Waals surface area contributed by atoms with Crippen molar-refractivity contribution >= 4 is 23.3 Å². The third-order valence-electron chi connectivity index (χ3n) is 4.11. The molecule has 1 heterocycles. The van der Waals surface area contributed by atoms with Crippen molar-refractivity contribution in [3.8, 4) is 5.75 Å². The smallest absolute Gasteiger partial charge is 0.313 e. The standard InChI is InChI=1S/C18H16ClNO5/c1-11(12-3-2-4-16(9-12)20(22)23)25-18(21)14-7-13-8-15(19)5-6-17(13)24-10-14/h2-6,8-9,11,14H,7,10H2,1H3/t11-,14+/m1/s1. The highest BCUT2D eigenvalue weighted by Crippen LogP contribution is 2.31. The van der Waals surface area contributed by atoms with Crippen molar-refractivity contribution in [2.45, 2.75) is 19.4 Å². The zero-order valence-electron chi connectivity index (χ0n) is 13.5. The van der Waals surface area contributed by atoms with Gasteiger partial charge in [-0.05, 0) is 42.7 Å². The molecule has 25 heavy (non-hydrogen) atoms. The van der Waals surface area contributed by atoms with Crippen molar-refractivity contribution in [2.75, 3.05) is 6.61 Å². The van der Waals surface area contributed by atoms with E-state index in [1.165, 1.54) is 12.1 Å². The van der Waals surface area contributed by atoms with Crippen molar-refractivity contribution in [1.82, 2.24) is 0 Å². The number of hydrogen-bond acceptors (Lipinski definition) is 5. The maximum absolute atomic E-state index is 12.4. The lowest BCUT2D eigenvalue weighted by molar-refractivity contribution is -0.385. The number of non-ortho nitro benzene ring substituents is 1. The summed E-state index contributed by atoms with van der Waals surface area (Å²) < 4.78 is 11.1. The van der Waals surface area contributed by atoms with Gasteiger partial charge < -0.3 is 9.47 Å². The van der Waals surface area contributed by atoms with Crippen LogP contribution >= 0.6 is 11.6 Å². The lowest BCUT2D eigenvalue weighted by Crippen LogP contribution is -2.30. The molecular weight excluding hydrogens is 346 g/mol. The van der Waals surface area contributed by atoms with Gasteiger partial charge in [-0.3, -0.25) is 14.9 Å². The van der Waals surface area contributed by atoms with E-state index in [-0.39, 0.29) is 12.3 Å². The fourth-order valence-corrected chi connectivity index (χ4v) is 2.94. The first kappa shape index (κ1) is 17.2. The summed E-state index contributed by atoms with van der Waals surface area (Å²) in [6.07, 6.45) is -0.107. The summed E-state index contributed by atoms with van der Waals surface area (Å²) >= 11 is 5.98. The Morgan fingerprint density at radius 3 is 2.92 bits per heavy atom. The average molecular weight is 362 g/mol. The van der Waals surface area contributed by atoms with Crippen LogP contribution in [0.25, 0.3) is 0 Å². The molecule has 130 valence electrons. The molecule has 2 atom stereocenters. The summed E-state index contributed by atoms with van der Waals surface area (Å²) in [7, 11) is 0. The molecular formula is C18H16ClNO5. The largest absolute Gasteiger partial charge is 0.492 e. The normalized spacial score (nSPS) is 17.1. The minimum atomic E-state index is -0.590. The van der Waals surface area contributed by atoms with Gasteiger partial charge in [0, 0.05) is 17.2 Å². The Morgan fingerprint density at radius 1 is 1.36 bits per heavy atom. The van der Waals surface area contributed by atoms with Gasteiger partial charge in [0.2, 0.25) is 0 Å². The number of halogens is 1. The molecule has 2 aromatic carbocycles. The van der Waals surface area contributed by atoms with E-state index in [0.717, 1.165) is 11.3 Å². The highest BCUT2D eigenvalue weighted by atomic mass is 35.5. The second kappa shape index (κ2) is 7.11. The zero-order chi connectivity index (χ0) is 18.0. The minimum Gasteiger partial charge on any atom is -0.492 e. The van der Waals surface area contributed by atoms with E-state index in [1.807, 2.05) is 0 Å². The Morgan fingerprint density at radius 2 is 2.16 bits per heavy atom. The summed E-state index contributed by atoms with van der Waals surface area (Å²) in [4.78, 5) is 22.8. The van der Waals surface area contributed by atoms with Crippen LogP contribution in [0.2, 0.25) is 5.02 Å². The zero-order valence-corrected chi connectivity index (χ0v) is 14.2. The van der Waals surface area contributed by atoms with E-state index in [4.69, 9.17) is 21.1 Å². The van der Waals surface area contributed by atoms with Crippen LogP contribution in [0, 0.1) is 16.0 Å². The quantitative estimate of drug-likeness (QED) is 0.465. The Kier molecular flexibility index (Phi) is 4.90. The van der Waals surface area contributed by atoms with E-state index in [9.17, 15) is 14.9 Å². The van der Waals surface area contributed by atoms with Gasteiger partial charge in [0.25, 0.3) is 5.69 Å². The molecule has 0 radical (unpaired) electrons. The number of fused-ring (bicyclic) bond motifs is 1. The van der Waals surface area contributed by atoms with Crippen molar-refractivity contribution in [3.63, 3.8) is 0 Å². The summed E-state index contributed by atoms with van der Waals surface area (Å²) in [6, 6.07) is 11.4. The lowest BCUT2D eigenvalue weighted by atomic mass is 9.97. The fourth-order valence-electron chi connectivity index (χ4n) is 2.74. The molecule has 1 aliphatic rings. The first-order chi connectivity index (χ1) is 11.9. The Bertz CT molecular complexity index is 823. The van der Waals surface area contributed by atoms with Crippen molar-refractivity contribution in [2.24, 2.45) is 5.92 Å². The average Bonchev–Trinajstić information content (AvgIpc) is 2.61. The molecule has 0 spiro atoms. The first-order valence-corrected chi connectivity index (χ1v) is 8.18. The monoisotopic (exact) mass is 361 g/mol. The second-order valence-electron chi connectivity index (χ2n) is 5.90. The van der Waals surface area contributed by atoms with E-state index < -0.39 is 22.9 Å². The molecule has 6 nitrogen and oxygen atoms in total. The maximum Gasteiger partial charge on any atom is 0.313 e. The first-order valence-electron chi connectivity index (χ1n) is 7.80. The van der Waals surface area contributed by atoms with Crippen LogP contribution in [0.15, 0.2) is 42.5 Å². The molecule has 1 aliphatic heterocycles. The third-order valence-corrected chi connectivity index (χ3v) is 4.34. The molecule has 0 N–H and O–H groups in total. The molecule has 0 amide bonds. The summed E-state index contributed by atoms with van der Waals surface area (Å²) in [5, 5.41) is 11.4. The Labute approximate surface area is 149 Å². The molecule has 3 rings (SSSR count). The van der Waals surface area contributed by atoms with Crippen LogP contribution < -0.4 is 4.74 Å². The Balaban J connectivity index is 1.68. The molecule has 0 aromatic heterocycles. The predicted octanol–water partition coefficient (Wildman–Crippen LogP) is 4.10. The number of hydrogen-bond donors (Lipinski definition) is 0. The molecule has 0 fully saturated rings. The van der Waals surface area contributed by atoms with Gasteiger partial charge in [0.15, 0.2) is 0 Å². The van der Waals surface area contributed by atoms with Crippen LogP contribution in [0.1, 0.15) is 24.2 Å². The van der Waals surface area contributed by atoms with Crippen molar-refractivity contribution < 1.29 is 19.2 Å². The highest BCUT2D eigenvalue weighted by Gasteiger charge is 2.29. The molecule has 0 aliphatic carbocycles. The van der Waals surface area contributed by atoms with Crippen molar-refractivity contribution in [3.05, 3.63) is 68.7 Å². The van der Waals surface area contributed by atoms with Crippen LogP contribution in [0.4, 0.5) is 5.69 Å². The third kappa shape index (κ3) is 3.91. The van der Waals surface area contributed by atoms with E-state index in [1.54, 1.807) is 37.3 Å². The van der Waals surface area contributed by atoms with Gasteiger partial charge in [0.1, 0.15) is 18.5 Å². The van der Waals surface area contributed by atoms with Gasteiger partial charge in [-0.1, -0.05) is 23.7 Å². The number of ether oxygens (including phenoxy) is 2. The topological polar surface area (TPSA) is 78.7 Å². The SMILES string of the molecule is C[C@@H](OC(=O)[C@@H]1COc2ccc(Cl)cc2C1)c1cccc([N+](=O)[O-])c1. The molecule has 0 saturated heterocycles. The molecule has 0 saturated carbocycles. The number of nitrogens with zero attached hydrogens (tertiary/aromatic N) is 1. The van der Waals surface area contributed by atoms with Crippen LogP contribution in [0.3, 0.4) is 0 Å². The Hall–Kier alpha value is -2.60. The van der Waals surface area contributed by atoms with Crippen LogP contribution in [-0.2, 0) is 16.0 Å². The van der Waals surface area contributed by atoms with Gasteiger partial charge >= 0.3 is 5.97 Å². The number of rotatable bonds is 4. The molecule has 7 heteroatoms. The minimum absolute atomic E-state index is 0.0371. The predicted molar refractivity (Wildman–Crippen MR) is 91.7 cm³/mol. The number of esters is 1. The highest BCUT2D eigenvalue weighted by molar-refractivity contribution is 6.30. The van der Waals surface area contributed by atoms with Crippen LogP contribution in [0.5, 0.6) is 5.75 Å². The number of benzene rings is 2. The molecule has 0 unspecified atom stereocenters. The lowest BCUT2D eigenvalue weighted by Gasteiger charge is -2.25. The van der Waals surface area contributed by atoms with E-state index in [2.05, 4.69) is 0 Å². The second-order valence-corrected chi connectivity index (χ2v) is 6.33. The molecule has 2 aromatic rings. The number of nitro benzene ring substituents is 1. The van der Waals surface area contributed by atoms with E-state index >= 15 is 0 Å². The number of nitro groups is 1. The van der Waals surface area contributed by atoms with Gasteiger partial charge in [-0.15, -0.1) is 0 Å². The van der Waals surface area contributed by atoms with Gasteiger partial charge in [-0.25, -0.2) is 0 Å². The summed E-state index contributed by atoms with van der Waals surface area (Å²) in [5.74, 6) is -0.114. The number of carbonyl (C=O) groups is 1. The fraction of sp³-hybridized carbons (Fsp3) is 0.278. The van der Waals surface area contributed by atoms with E-state index in [0.29, 0.717) is 17.0 Å². The number of carbonyl (C=O) groups excluding carboxylic acids is 1. The molecule has 0 bridgehead atoms. The van der Waals surface area contributed by atoms with Gasteiger partial charge in [-0.2, -0.15) is 0 Å². The summed E-state index contributed by atoms with van der Waals surface area (Å²) in [6.45, 7) is 1.92. The van der Waals surface area contributed by atoms with Gasteiger partial charge in [0.05, 0.1) is 10.8 Å².